The van der Waals surface area contributed by atoms with Gasteiger partial charge in [-0.05, 0) is 91.8 Å². The first-order valence-corrected chi connectivity index (χ1v) is 41.5. The molecule has 0 aromatic carbocycles. The van der Waals surface area contributed by atoms with Gasteiger partial charge in [-0.1, -0.05) is 76.2 Å². The zero-order valence-electron chi connectivity index (χ0n) is 74.2. The van der Waals surface area contributed by atoms with Gasteiger partial charge in [0.05, 0.1) is 30.8 Å². The van der Waals surface area contributed by atoms with Crippen molar-refractivity contribution < 1.29 is 107 Å². The smallest absolute Gasteiger partial charge is 0.410 e. The largest absolute Gasteiger partial charge is 0.480 e. The molecule has 8 aliphatic rings. The van der Waals surface area contributed by atoms with Gasteiger partial charge in [-0.3, -0.25) is 48.7 Å². The molecule has 124 heavy (non-hydrogen) atoms. The van der Waals surface area contributed by atoms with Crippen LogP contribution in [0.3, 0.4) is 0 Å². The predicted octanol–water partition coefficient (Wildman–Crippen LogP) is -0.606. The Balaban J connectivity index is 0.000000294. The molecule has 46 nitrogen and oxygen atoms in total. The molecule has 16 amide bonds. The third kappa shape index (κ3) is 24.4. The number of amides is 16. The van der Waals surface area contributed by atoms with Crippen molar-refractivity contribution >= 4 is 119 Å². The predicted molar refractivity (Wildman–Crippen MR) is 450 cm³/mol. The van der Waals surface area contributed by atoms with Crippen molar-refractivity contribution in [3.8, 4) is 0 Å². The van der Waals surface area contributed by atoms with Crippen LogP contribution in [-0.4, -0.2) is 369 Å². The van der Waals surface area contributed by atoms with E-state index < -0.39 is 132 Å². The zero-order valence-corrected chi connectivity index (χ0v) is 74.2. The van der Waals surface area contributed by atoms with Crippen LogP contribution in [-0.2, 0) is 57.4 Å². The second-order valence-electron chi connectivity index (χ2n) is 34.9. The number of carbonyl (C=O) groups is 16. The van der Waals surface area contributed by atoms with Crippen molar-refractivity contribution in [2.45, 2.75) is 171 Å². The van der Waals surface area contributed by atoms with Gasteiger partial charge in [-0.25, -0.2) is 67.5 Å². The molecule has 20 N–H and O–H groups in total. The summed E-state index contributed by atoms with van der Waals surface area (Å²) < 4.78 is 10.1. The molecule has 9 atom stereocenters. The van der Waals surface area contributed by atoms with Crippen LogP contribution in [0.25, 0.3) is 0 Å². The summed E-state index contributed by atoms with van der Waals surface area (Å²) >= 11 is 0. The molecule has 0 aromatic rings. The number of likely N-dealkylation sites (tertiary alicyclic amines) is 4. The molecule has 8 fully saturated rings. The number of carbonyl (C=O) groups excluding carboxylic acids is 12. The normalized spacial score (nSPS) is 22.5. The molecule has 46 heteroatoms. The van der Waals surface area contributed by atoms with E-state index in [9.17, 15) is 97.1 Å². The molecule has 6 aliphatic heterocycles. The second-order valence-corrected chi connectivity index (χ2v) is 34.9. The number of carboxylic acid groups (broad SMARTS) is 4. The number of aliphatic carboxylic acids is 4. The van der Waals surface area contributed by atoms with Gasteiger partial charge in [0.1, 0.15) is 6.10 Å². The van der Waals surface area contributed by atoms with Gasteiger partial charge in [-0.15, -0.1) is 0 Å². The number of aliphatic imine (C=N–C) groups is 4. The van der Waals surface area contributed by atoms with Crippen LogP contribution in [0, 0.1) is 63.1 Å². The molecule has 5 unspecified atom stereocenters. The summed E-state index contributed by atoms with van der Waals surface area (Å²) in [5, 5.41) is 38.1. The highest BCUT2D eigenvalue weighted by Crippen LogP contribution is 2.69. The maximum absolute atomic E-state index is 12.9. The Morgan fingerprint density at radius 1 is 0.419 bits per heavy atom. The van der Waals surface area contributed by atoms with E-state index in [0.717, 1.165) is 32.4 Å². The van der Waals surface area contributed by atoms with E-state index in [1.807, 2.05) is 6.92 Å². The number of hydrogen-bond donors (Lipinski definition) is 12. The molecular formula is C78H132N24O22. The number of likely N-dealkylation sites (N-methyl/N-ethyl adjacent to an activating group) is 4. The third-order valence-electron chi connectivity index (χ3n) is 25.3. The molecule has 6 heterocycles. The van der Waals surface area contributed by atoms with E-state index in [-0.39, 0.29) is 193 Å². The minimum Gasteiger partial charge on any atom is -0.480 e. The van der Waals surface area contributed by atoms with Crippen LogP contribution in [0.4, 0.5) is 28.8 Å². The van der Waals surface area contributed by atoms with Crippen LogP contribution < -0.4 is 45.9 Å². The molecule has 8 rings (SSSR count). The van der Waals surface area contributed by atoms with Crippen molar-refractivity contribution in [1.29, 1.82) is 0 Å². The van der Waals surface area contributed by atoms with Gasteiger partial charge in [0, 0.05) is 145 Å². The van der Waals surface area contributed by atoms with Crippen LogP contribution in [0.2, 0.25) is 0 Å². The average molecular weight is 1760 g/mol. The van der Waals surface area contributed by atoms with Gasteiger partial charge in [0.2, 0.25) is 35.4 Å². The van der Waals surface area contributed by atoms with Crippen LogP contribution in [0.1, 0.15) is 140 Å². The second kappa shape index (κ2) is 43.5. The van der Waals surface area contributed by atoms with Gasteiger partial charge in [0.25, 0.3) is 0 Å². The van der Waals surface area contributed by atoms with Gasteiger partial charge in [0.15, 0.2) is 48.0 Å². The summed E-state index contributed by atoms with van der Waals surface area (Å²) in [5.41, 5.74) is 41.7. The fourth-order valence-corrected chi connectivity index (χ4v) is 16.5. The lowest BCUT2D eigenvalue weighted by Gasteiger charge is -2.46. The number of piperazine rings is 2. The van der Waals surface area contributed by atoms with Crippen molar-refractivity contribution in [2.24, 2.45) is 129 Å². The minimum atomic E-state index is -1.25. The first kappa shape index (κ1) is 103. The number of guanidine groups is 4. The highest BCUT2D eigenvalue weighted by molar-refractivity contribution is 6.10. The van der Waals surface area contributed by atoms with Gasteiger partial charge in [-0.2, -0.15) is 0 Å². The molecule has 696 valence electrons. The number of nitrogens with zero attached hydrogens (tertiary/aromatic N) is 16. The summed E-state index contributed by atoms with van der Waals surface area (Å²) in [6.07, 6.45) is 3.15. The number of hydrogen-bond acceptors (Lipinski definition) is 22. The Morgan fingerprint density at radius 3 is 0.968 bits per heavy atom. The molecule has 0 aromatic heterocycles. The lowest BCUT2D eigenvalue weighted by molar-refractivity contribution is -0.167. The lowest BCUT2D eigenvalue weighted by atomic mass is 9.84. The fraction of sp³-hybridized carbons (Fsp3) is 0.744. The third-order valence-corrected chi connectivity index (χ3v) is 25.3. The van der Waals surface area contributed by atoms with Gasteiger partial charge < -0.3 is 115 Å². The first-order valence-electron chi connectivity index (χ1n) is 41.5. The Morgan fingerprint density at radius 2 is 0.694 bits per heavy atom. The highest BCUT2D eigenvalue weighted by atomic mass is 16.6. The van der Waals surface area contributed by atoms with E-state index in [0.29, 0.717) is 44.7 Å². The standard InChI is InChI=1S/C21H36N6O6.C21H34N6O5.C21H36N6O5.C15H26N6O6/c1-4-14(12-13(2)3)33-21(32)26-10-8-25(9-11-26)20(31)27-16(18(29)30)15(17(27)28)6-5-7-24-19(22)23;1-20(2)14(21(20,3)4)16(29)25-8-10-26(11-9-25)19(32)27-13(17(30)31)12(15(27)28)6-5-7-24-18(22)23;1-20(2)14(21(20,3)4)16(29)25(5)10-11-26(6)19(32)27-13(17(30)31)12(15(27)28)8-7-9-24-18(22)23;1-19(7-8-20(2)15(26)27-3)14(25)21-10(12(23)24)9(11(21)22)5-4-6-18-13(16)17/h13-16H,4-12H2,1-3H3,(H,29,30)(H4,22,23,24);12-14H,5-11H2,1-4H3,(H,30,31)(H4,22,23,24);12-14H,7-11H2,1-6H3,(H,30,31)(H4,22,23,24);9-10H,4-8H2,1-3H3,(H,23,24)(H4,16,17,18)/t14?,15-,16?;2*12-,13?;9-,10?/m1111/s1. The van der Waals surface area contributed by atoms with Crippen molar-refractivity contribution in [3.63, 3.8) is 0 Å². The average Bonchev–Trinajstić information content (AvgIpc) is 1.53. The van der Waals surface area contributed by atoms with E-state index in [1.165, 1.54) is 57.7 Å². The maximum atomic E-state index is 12.9. The fourth-order valence-electron chi connectivity index (χ4n) is 16.5. The minimum absolute atomic E-state index is 0.0186. The van der Waals surface area contributed by atoms with Crippen LogP contribution in [0.5, 0.6) is 0 Å². The Labute approximate surface area is 721 Å². The van der Waals surface area contributed by atoms with Gasteiger partial charge >= 0.3 is 60.2 Å². The van der Waals surface area contributed by atoms with Crippen molar-refractivity contribution in [1.82, 2.24) is 58.8 Å². The molecular weight excluding hydrogens is 1630 g/mol. The number of urea groups is 4. The SMILES string of the molecule is CC1(C)C(C(=O)N2CCN(C(=O)N3C(=O)[C@H](CCCN=C(N)N)C3C(=O)O)CC2)C1(C)C.CCC(CC(C)C)OC(=O)N1CCN(C(=O)N2C(=O)[C@H](CCCN=C(N)N)C2C(=O)O)CC1.CN(CCN(C)C(=O)N1C(=O)[C@H](CCCN=C(N)N)C1C(=O)O)C(=O)C1C(C)(C)C1(C)C.COC(=O)N(C)CCN(C)C(=O)N1C(=O)[C@H](CCCN=C(N)N)C1C(=O)O. The molecule has 6 saturated heterocycles. The monoisotopic (exact) mass is 1760 g/mol. The quantitative estimate of drug-likeness (QED) is 0.0173. The topological polar surface area (TPSA) is 669 Å². The molecule has 2 saturated carbocycles. The maximum Gasteiger partial charge on any atom is 0.410 e. The number of rotatable bonds is 32. The number of β-lactam (4-membered cyclic amide) rings is 4. The number of methoxy groups -OCH3 is 1. The first-order chi connectivity index (χ1) is 57.6. The molecule has 0 radical (unpaired) electrons. The lowest BCUT2D eigenvalue weighted by Crippen LogP contribution is -2.69. The van der Waals surface area contributed by atoms with Crippen LogP contribution in [0.15, 0.2) is 20.0 Å². The summed E-state index contributed by atoms with van der Waals surface area (Å²) in [5.74, 6) is -10.1. The van der Waals surface area contributed by atoms with E-state index in [1.54, 1.807) is 16.8 Å². The number of ether oxygens (including phenoxy) is 2. The number of imide groups is 4. The van der Waals surface area contributed by atoms with Crippen LogP contribution >= 0.6 is 0 Å². The van der Waals surface area contributed by atoms with Crippen molar-refractivity contribution in [2.75, 3.05) is 140 Å². The Hall–Kier alpha value is -11.8. The number of carboxylic acids is 4. The summed E-state index contributed by atoms with van der Waals surface area (Å²) in [7, 11) is 7.32. The summed E-state index contributed by atoms with van der Waals surface area (Å²) in [4.78, 5) is 227. The number of nitrogens with two attached hydrogens (primary N) is 8. The highest BCUT2D eigenvalue weighted by Gasteiger charge is 2.70. The van der Waals surface area contributed by atoms with Crippen molar-refractivity contribution in [3.05, 3.63) is 0 Å². The van der Waals surface area contributed by atoms with E-state index in [2.05, 4.69) is 93.9 Å². The Kier molecular flexibility index (Phi) is 36.0. The summed E-state index contributed by atoms with van der Waals surface area (Å²) in [6, 6.07) is -7.53. The molecule has 0 spiro atoms. The summed E-state index contributed by atoms with van der Waals surface area (Å²) in [6.45, 7) is 26.7. The molecule has 0 bridgehead atoms. The van der Waals surface area contributed by atoms with E-state index in [4.69, 9.17) is 50.6 Å². The van der Waals surface area contributed by atoms with E-state index >= 15 is 0 Å². The Bertz CT molecular complexity index is 4020. The molecule has 2 aliphatic carbocycles. The zero-order chi connectivity index (χ0) is 94.0.